The molecule has 0 atom stereocenters. The number of nitrogens with zero attached hydrogens (tertiary/aromatic N) is 3. The summed E-state index contributed by atoms with van der Waals surface area (Å²) in [6, 6.07) is 4.86. The van der Waals surface area contributed by atoms with E-state index < -0.39 is 0 Å². The highest BCUT2D eigenvalue weighted by molar-refractivity contribution is 5.48. The molecule has 1 aromatic heterocycles. The van der Waals surface area contributed by atoms with Crippen molar-refractivity contribution >= 4 is 5.69 Å². The van der Waals surface area contributed by atoms with Crippen LogP contribution in [0.5, 0.6) is 0 Å². The van der Waals surface area contributed by atoms with Crippen molar-refractivity contribution in [3.8, 4) is 5.69 Å². The quantitative estimate of drug-likeness (QED) is 0.585. The second kappa shape index (κ2) is 4.14. The van der Waals surface area contributed by atoms with E-state index in [2.05, 4.69) is 4.98 Å². The molecule has 0 spiro atoms. The number of nitro groups is 1. The second-order valence-electron chi connectivity index (χ2n) is 3.39. The fourth-order valence-electron chi connectivity index (χ4n) is 1.62. The van der Waals surface area contributed by atoms with Crippen LogP contribution in [0.2, 0.25) is 0 Å². The first-order valence-electron chi connectivity index (χ1n) is 4.98. The van der Waals surface area contributed by atoms with Gasteiger partial charge in [0.1, 0.15) is 0 Å². The molecule has 0 aliphatic rings. The van der Waals surface area contributed by atoms with Gasteiger partial charge in [-0.25, -0.2) is 4.98 Å². The van der Waals surface area contributed by atoms with E-state index in [0.29, 0.717) is 0 Å². The van der Waals surface area contributed by atoms with Crippen LogP contribution in [-0.4, -0.2) is 14.5 Å². The molecule has 0 radical (unpaired) electrons. The zero-order chi connectivity index (χ0) is 11.5. The molecule has 5 nitrogen and oxygen atoms in total. The van der Waals surface area contributed by atoms with Gasteiger partial charge in [0.2, 0.25) is 0 Å². The monoisotopic (exact) mass is 217 g/mol. The average molecular weight is 217 g/mol. The summed E-state index contributed by atoms with van der Waals surface area (Å²) < 4.78 is 1.85. The smallest absolute Gasteiger partial charge is 0.269 e. The molecule has 0 amide bonds. The van der Waals surface area contributed by atoms with Crippen LogP contribution >= 0.6 is 0 Å². The molecule has 1 heterocycles. The van der Waals surface area contributed by atoms with Gasteiger partial charge >= 0.3 is 0 Å². The van der Waals surface area contributed by atoms with Crippen LogP contribution in [0.3, 0.4) is 0 Å². The predicted molar refractivity (Wildman–Crippen MR) is 59.6 cm³/mol. The standard InChI is InChI=1S/C11H11N3O2/c1-2-9-7-10(14(15)16)3-4-11(9)13-6-5-12-8-13/h3-8H,2H2,1H3. The van der Waals surface area contributed by atoms with E-state index in [9.17, 15) is 10.1 Å². The van der Waals surface area contributed by atoms with Crippen LogP contribution < -0.4 is 0 Å². The first-order valence-corrected chi connectivity index (χ1v) is 4.98. The fraction of sp³-hybridized carbons (Fsp3) is 0.182. The van der Waals surface area contributed by atoms with Crippen molar-refractivity contribution in [1.82, 2.24) is 9.55 Å². The van der Waals surface area contributed by atoms with E-state index in [0.717, 1.165) is 17.7 Å². The van der Waals surface area contributed by atoms with Gasteiger partial charge in [0.05, 0.1) is 16.9 Å². The molecule has 0 N–H and O–H groups in total. The lowest BCUT2D eigenvalue weighted by Crippen LogP contribution is -1.98. The molecular weight excluding hydrogens is 206 g/mol. The number of non-ortho nitro benzene ring substituents is 1. The van der Waals surface area contributed by atoms with Crippen LogP contribution in [0.4, 0.5) is 5.69 Å². The molecule has 0 fully saturated rings. The number of hydrogen-bond acceptors (Lipinski definition) is 3. The number of benzene rings is 1. The van der Waals surface area contributed by atoms with Crippen LogP contribution in [0.1, 0.15) is 12.5 Å². The minimum atomic E-state index is -0.378. The number of imidazole rings is 1. The van der Waals surface area contributed by atoms with Crippen molar-refractivity contribution in [2.24, 2.45) is 0 Å². The van der Waals surface area contributed by atoms with Gasteiger partial charge in [0.15, 0.2) is 0 Å². The number of aromatic nitrogens is 2. The van der Waals surface area contributed by atoms with Gasteiger partial charge in [0.25, 0.3) is 5.69 Å². The first kappa shape index (κ1) is 10.4. The molecule has 0 saturated carbocycles. The van der Waals surface area contributed by atoms with Gasteiger partial charge < -0.3 is 4.57 Å². The van der Waals surface area contributed by atoms with Gasteiger partial charge in [-0.05, 0) is 18.1 Å². The SMILES string of the molecule is CCc1cc([N+](=O)[O-])ccc1-n1ccnc1. The lowest BCUT2D eigenvalue weighted by molar-refractivity contribution is -0.384. The van der Waals surface area contributed by atoms with E-state index in [1.54, 1.807) is 24.7 Å². The molecule has 16 heavy (non-hydrogen) atoms. The van der Waals surface area contributed by atoms with E-state index in [-0.39, 0.29) is 10.6 Å². The largest absolute Gasteiger partial charge is 0.306 e. The zero-order valence-corrected chi connectivity index (χ0v) is 8.83. The van der Waals surface area contributed by atoms with E-state index in [1.165, 1.54) is 6.07 Å². The third-order valence-corrected chi connectivity index (χ3v) is 2.44. The molecular formula is C11H11N3O2. The topological polar surface area (TPSA) is 61.0 Å². The van der Waals surface area contributed by atoms with Gasteiger partial charge in [-0.2, -0.15) is 0 Å². The number of aryl methyl sites for hydroxylation is 1. The lowest BCUT2D eigenvalue weighted by atomic mass is 10.1. The Morgan fingerprint density at radius 1 is 1.50 bits per heavy atom. The Hall–Kier alpha value is -2.17. The summed E-state index contributed by atoms with van der Waals surface area (Å²) in [5, 5.41) is 10.7. The molecule has 1 aromatic carbocycles. The van der Waals surface area contributed by atoms with Crippen molar-refractivity contribution in [1.29, 1.82) is 0 Å². The van der Waals surface area contributed by atoms with E-state index in [1.807, 2.05) is 17.7 Å². The predicted octanol–water partition coefficient (Wildman–Crippen LogP) is 2.34. The highest BCUT2D eigenvalue weighted by Gasteiger charge is 2.10. The van der Waals surface area contributed by atoms with Gasteiger partial charge in [-0.15, -0.1) is 0 Å². The average Bonchev–Trinajstić information content (AvgIpc) is 2.81. The van der Waals surface area contributed by atoms with Crippen molar-refractivity contribution in [2.45, 2.75) is 13.3 Å². The maximum absolute atomic E-state index is 10.7. The third kappa shape index (κ3) is 1.79. The Bertz CT molecular complexity index is 506. The molecule has 82 valence electrons. The molecule has 0 aliphatic carbocycles. The molecule has 0 saturated heterocycles. The Balaban J connectivity index is 2.51. The number of hydrogen-bond donors (Lipinski definition) is 0. The van der Waals surface area contributed by atoms with Gasteiger partial charge in [0, 0.05) is 24.5 Å². The second-order valence-corrected chi connectivity index (χ2v) is 3.39. The summed E-state index contributed by atoms with van der Waals surface area (Å²) in [7, 11) is 0. The van der Waals surface area contributed by atoms with E-state index in [4.69, 9.17) is 0 Å². The van der Waals surface area contributed by atoms with Gasteiger partial charge in [-0.1, -0.05) is 6.92 Å². The van der Waals surface area contributed by atoms with E-state index >= 15 is 0 Å². The van der Waals surface area contributed by atoms with Crippen LogP contribution in [0.15, 0.2) is 36.9 Å². The summed E-state index contributed by atoms with van der Waals surface area (Å²) in [6.45, 7) is 1.97. The Morgan fingerprint density at radius 3 is 2.88 bits per heavy atom. The molecule has 0 aliphatic heterocycles. The minimum absolute atomic E-state index is 0.126. The van der Waals surface area contributed by atoms with Crippen molar-refractivity contribution in [3.05, 3.63) is 52.6 Å². The maximum atomic E-state index is 10.7. The Morgan fingerprint density at radius 2 is 2.31 bits per heavy atom. The summed E-state index contributed by atoms with van der Waals surface area (Å²) in [4.78, 5) is 14.2. The van der Waals surface area contributed by atoms with Gasteiger partial charge in [-0.3, -0.25) is 10.1 Å². The van der Waals surface area contributed by atoms with Crippen LogP contribution in [0.25, 0.3) is 5.69 Å². The van der Waals surface area contributed by atoms with Crippen molar-refractivity contribution in [2.75, 3.05) is 0 Å². The third-order valence-electron chi connectivity index (χ3n) is 2.44. The lowest BCUT2D eigenvalue weighted by Gasteiger charge is -2.07. The Labute approximate surface area is 92.5 Å². The zero-order valence-electron chi connectivity index (χ0n) is 8.83. The highest BCUT2D eigenvalue weighted by Crippen LogP contribution is 2.21. The highest BCUT2D eigenvalue weighted by atomic mass is 16.6. The molecule has 2 aromatic rings. The normalized spacial score (nSPS) is 10.3. The fourth-order valence-corrected chi connectivity index (χ4v) is 1.62. The van der Waals surface area contributed by atoms with Crippen LogP contribution in [-0.2, 0) is 6.42 Å². The van der Waals surface area contributed by atoms with Crippen molar-refractivity contribution < 1.29 is 4.92 Å². The molecule has 0 bridgehead atoms. The molecule has 0 unspecified atom stereocenters. The van der Waals surface area contributed by atoms with Crippen LogP contribution in [0, 0.1) is 10.1 Å². The summed E-state index contributed by atoms with van der Waals surface area (Å²) in [5.41, 5.74) is 2.00. The first-order chi connectivity index (χ1) is 7.72. The molecule has 5 heteroatoms. The molecule has 2 rings (SSSR count). The maximum Gasteiger partial charge on any atom is 0.269 e. The Kier molecular flexibility index (Phi) is 2.68. The summed E-state index contributed by atoms with van der Waals surface area (Å²) in [6.07, 6.45) is 5.93. The minimum Gasteiger partial charge on any atom is -0.306 e. The number of nitro benzene ring substituents is 1. The van der Waals surface area contributed by atoms with Crippen molar-refractivity contribution in [3.63, 3.8) is 0 Å². The summed E-state index contributed by atoms with van der Waals surface area (Å²) >= 11 is 0. The number of rotatable bonds is 3. The summed E-state index contributed by atoms with van der Waals surface area (Å²) in [5.74, 6) is 0.